The third kappa shape index (κ3) is 27.5. The van der Waals surface area contributed by atoms with Crippen molar-refractivity contribution < 1.29 is 48.2 Å². The maximum Gasteiger partial charge on any atom is 0.312 e. The van der Waals surface area contributed by atoms with Crippen LogP contribution in [0.4, 0.5) is 0 Å². The number of rotatable bonds is 25. The van der Waals surface area contributed by atoms with Crippen molar-refractivity contribution in [3.05, 3.63) is 261 Å². The highest BCUT2D eigenvalue weighted by atomic mass is 16.7. The molecule has 0 aliphatic heterocycles. The predicted molar refractivity (Wildman–Crippen MR) is 560 cm³/mol. The normalized spacial score (nSPS) is 26.7. The monoisotopic (exact) mass is 1840 g/mol. The second kappa shape index (κ2) is 49.6. The molecule has 0 aromatic heterocycles. The van der Waals surface area contributed by atoms with Gasteiger partial charge in [-0.1, -0.05) is 290 Å². The lowest BCUT2D eigenvalue weighted by molar-refractivity contribution is -0.175. The zero-order valence-electron chi connectivity index (χ0n) is 88.0. The molecule has 0 heterocycles. The maximum atomic E-state index is 12.5. The van der Waals surface area contributed by atoms with Crippen LogP contribution in [0.1, 0.15) is 403 Å². The van der Waals surface area contributed by atoms with E-state index in [9.17, 15) is 9.59 Å². The summed E-state index contributed by atoms with van der Waals surface area (Å²) in [6.45, 7) is 52.0. The highest BCUT2D eigenvalue weighted by Gasteiger charge is 2.57. The van der Waals surface area contributed by atoms with E-state index in [1.54, 1.807) is 46.5 Å². The van der Waals surface area contributed by atoms with Crippen molar-refractivity contribution in [1.82, 2.24) is 0 Å². The van der Waals surface area contributed by atoms with E-state index >= 15 is 0 Å². The molecular weight excluding hydrogens is 1660 g/mol. The lowest BCUT2D eigenvalue weighted by atomic mass is 9.77. The number of hydrogen-bond donors (Lipinski definition) is 2. The Bertz CT molecular complexity index is 4690. The fourth-order valence-electron chi connectivity index (χ4n) is 23.4. The number of carbonyl (C=O) groups is 2. The molecule has 8 aromatic carbocycles. The van der Waals surface area contributed by atoms with Crippen molar-refractivity contribution in [2.24, 2.45) is 81.8 Å². The molecule has 10 heteroatoms. The summed E-state index contributed by atoms with van der Waals surface area (Å²) in [5.41, 5.74) is 15.0. The summed E-state index contributed by atoms with van der Waals surface area (Å²) < 4.78 is 37.8. The molecule has 10 nitrogen and oxygen atoms in total. The van der Waals surface area contributed by atoms with E-state index in [1.807, 2.05) is 77.9 Å². The van der Waals surface area contributed by atoms with Gasteiger partial charge in [0.1, 0.15) is 34.2 Å². The first-order valence-corrected chi connectivity index (χ1v) is 53.7. The maximum absolute atomic E-state index is 12.5. The third-order valence-electron chi connectivity index (χ3n) is 34.4. The van der Waals surface area contributed by atoms with Gasteiger partial charge in [0, 0.05) is 11.8 Å². The Hall–Kier alpha value is -8.18. The molecule has 0 saturated heterocycles. The van der Waals surface area contributed by atoms with E-state index in [0.29, 0.717) is 59.2 Å². The number of aromatic hydroxyl groups is 2. The minimum absolute atomic E-state index is 0.0708. The van der Waals surface area contributed by atoms with Crippen molar-refractivity contribution >= 4 is 11.9 Å². The first-order valence-electron chi connectivity index (χ1n) is 53.7. The second-order valence-corrected chi connectivity index (χ2v) is 44.9. The Balaban J connectivity index is 0.000000152. The fraction of sp³-hybridized carbons (Fsp3) is 0.600. The summed E-state index contributed by atoms with van der Waals surface area (Å²) in [6.07, 6.45) is 30.5. The molecule has 6 saturated carbocycles. The molecule has 0 radical (unpaired) electrons. The fourth-order valence-corrected chi connectivity index (χ4v) is 23.4. The average Bonchev–Trinajstić information content (AvgIpc) is 1.58. The van der Waals surface area contributed by atoms with Crippen molar-refractivity contribution in [3.8, 4) is 23.0 Å². The Morgan fingerprint density at radius 3 is 1.08 bits per heavy atom. The summed E-state index contributed by atoms with van der Waals surface area (Å²) in [5, 5.41) is 18.0. The van der Waals surface area contributed by atoms with Crippen molar-refractivity contribution in [2.45, 2.75) is 398 Å². The SMILES string of the molecule is CC1Cc2ccccc2C1C.CC1Cc2ccccc2C1C.CCC(C)(C)C(=O)OC1(C)CCCc2ccccc21.CCC(C)(C)C(=O)OC1(CC)CCCc2ccccc21.CCC(C)c1ccc(O)cc1.CCC(C)c1ccc(O)cc1.CCC(C)c1ccc(OC(OC2CC3CC2C2CCCC32)C(C)C)cc1.CCC(C)c1ccc(OC(OC2CC3CC2C2CCCC32)C(C)C)cc1. The predicted octanol–water partition coefficient (Wildman–Crippen LogP) is 33.4. The number of benzene rings is 8. The van der Waals surface area contributed by atoms with E-state index in [4.69, 9.17) is 38.6 Å². The van der Waals surface area contributed by atoms with Crippen LogP contribution in [0.25, 0.3) is 0 Å². The third-order valence-corrected chi connectivity index (χ3v) is 34.4. The van der Waals surface area contributed by atoms with E-state index in [1.165, 1.54) is 134 Å². The molecule has 22 unspecified atom stereocenters. The van der Waals surface area contributed by atoms with Crippen LogP contribution < -0.4 is 9.47 Å². The molecule has 4 bridgehead atoms. The summed E-state index contributed by atoms with van der Waals surface area (Å²) in [6, 6.07) is 66.5. The topological polar surface area (TPSA) is 130 Å². The smallest absolute Gasteiger partial charge is 0.312 e. The molecule has 0 amide bonds. The van der Waals surface area contributed by atoms with E-state index in [2.05, 4.69) is 258 Å². The Kier molecular flexibility index (Phi) is 39.4. The van der Waals surface area contributed by atoms with Crippen molar-refractivity contribution in [2.75, 3.05) is 0 Å². The molecule has 18 rings (SSSR count). The van der Waals surface area contributed by atoms with E-state index < -0.39 is 22.0 Å². The summed E-state index contributed by atoms with van der Waals surface area (Å²) in [5.74, 6) is 16.1. The number of carbonyl (C=O) groups excluding carboxylic acids is 2. The second-order valence-electron chi connectivity index (χ2n) is 44.9. The van der Waals surface area contributed by atoms with Gasteiger partial charge in [-0.2, -0.15) is 0 Å². The van der Waals surface area contributed by atoms with Gasteiger partial charge in [0.05, 0.1) is 23.0 Å². The standard InChI is InChI=1S/2C24H36O2.C18H26O2.C17H24O2.2C11H14.2C10H14O/c2*1-5-16(4)17-9-11-19(12-10-17)25-24(15(2)3)26-23-14-18-13-22(23)21-8-6-7-20(18)21;1-5-17(3,4)16(19)20-18(6-2)13-9-11-14-10-7-8-12-15(14)18;1-5-16(2,3)15(18)19-17(4)12-8-10-13-9-6-7-11-14(13)17;2*1-8-7-10-5-3-4-6-11(10)9(8)2;2*1-3-8(2)9-4-6-10(11)7-5-9/h2*9-12,15-16,18,20-24H,5-8,13-14H2,1-4H3;7-8,10,12H,5-6,9,11,13H2,1-4H3;6-7,9,11H,5,8,10,12H2,1-4H3;2*3-6,8-9H,7H2,1-2H3;2*4-8,11H,3H2,1-2H3. The molecule has 10 aliphatic carbocycles. The Labute approximate surface area is 819 Å². The lowest BCUT2D eigenvalue weighted by Gasteiger charge is -2.40. The van der Waals surface area contributed by atoms with Crippen molar-refractivity contribution in [3.63, 3.8) is 0 Å². The van der Waals surface area contributed by atoms with Gasteiger partial charge >= 0.3 is 11.9 Å². The first-order chi connectivity index (χ1) is 64.5. The number of hydrogen-bond acceptors (Lipinski definition) is 10. The number of esters is 2. The van der Waals surface area contributed by atoms with E-state index in [-0.39, 0.29) is 24.5 Å². The van der Waals surface area contributed by atoms with Crippen LogP contribution in [-0.4, -0.2) is 46.9 Å². The minimum atomic E-state index is -0.460. The molecule has 10 aliphatic rings. The number of phenolic OH excluding ortho intramolecular Hbond substituents is 2. The Morgan fingerprint density at radius 2 is 0.719 bits per heavy atom. The molecule has 8 aromatic rings. The van der Waals surface area contributed by atoms with Gasteiger partial charge in [-0.15, -0.1) is 0 Å². The van der Waals surface area contributed by atoms with Gasteiger partial charge in [-0.05, 0) is 392 Å². The highest BCUT2D eigenvalue weighted by Crippen LogP contribution is 2.61. The summed E-state index contributed by atoms with van der Waals surface area (Å²) in [7, 11) is 0. The molecule has 22 atom stereocenters. The van der Waals surface area contributed by atoms with Crippen LogP contribution in [0.3, 0.4) is 0 Å². The van der Waals surface area contributed by atoms with Gasteiger partial charge in [-0.3, -0.25) is 9.59 Å². The van der Waals surface area contributed by atoms with Gasteiger partial charge in [0.2, 0.25) is 12.6 Å². The van der Waals surface area contributed by atoms with Crippen molar-refractivity contribution in [1.29, 1.82) is 0 Å². The zero-order valence-corrected chi connectivity index (χ0v) is 88.0. The molecule has 738 valence electrons. The number of fused-ring (bicyclic) bond motifs is 14. The first kappa shape index (κ1) is 107. The zero-order chi connectivity index (χ0) is 97.6. The van der Waals surface area contributed by atoms with Gasteiger partial charge < -0.3 is 38.6 Å². The molecule has 6 fully saturated rings. The number of aryl methyl sites for hydroxylation is 2. The van der Waals surface area contributed by atoms with Crippen LogP contribution in [0.15, 0.2) is 194 Å². The highest BCUT2D eigenvalue weighted by molar-refractivity contribution is 5.77. The molecule has 2 N–H and O–H groups in total. The quantitative estimate of drug-likeness (QED) is 0.0421. The van der Waals surface area contributed by atoms with E-state index in [0.717, 1.165) is 153 Å². The largest absolute Gasteiger partial charge is 0.508 e. The number of phenols is 2. The van der Waals surface area contributed by atoms with Gasteiger partial charge in [0.15, 0.2) is 0 Å². The van der Waals surface area contributed by atoms with Crippen LogP contribution in [0.2, 0.25) is 0 Å². The molecular formula is C125H178O10. The van der Waals surface area contributed by atoms with Crippen LogP contribution >= 0.6 is 0 Å². The Morgan fingerprint density at radius 1 is 0.385 bits per heavy atom. The summed E-state index contributed by atoms with van der Waals surface area (Å²) >= 11 is 0. The van der Waals surface area contributed by atoms with Gasteiger partial charge in [-0.25, -0.2) is 0 Å². The van der Waals surface area contributed by atoms with Crippen LogP contribution in [0, 0.1) is 81.8 Å². The average molecular weight is 1840 g/mol. The molecule has 0 spiro atoms. The van der Waals surface area contributed by atoms with Crippen LogP contribution in [0.5, 0.6) is 23.0 Å². The lowest BCUT2D eigenvalue weighted by Crippen LogP contribution is -2.39. The number of ether oxygens (including phenoxy) is 6. The minimum Gasteiger partial charge on any atom is -0.508 e. The summed E-state index contributed by atoms with van der Waals surface area (Å²) in [4.78, 5) is 24.9. The van der Waals surface area contributed by atoms with Gasteiger partial charge in [0.25, 0.3) is 0 Å². The molecule has 135 heavy (non-hydrogen) atoms. The van der Waals surface area contributed by atoms with Crippen LogP contribution in [-0.2, 0) is 65.4 Å².